The number of nitrogens with one attached hydrogen (secondary N) is 3. The molecule has 1 aromatic heterocycles. The van der Waals surface area contributed by atoms with Gasteiger partial charge in [-0.2, -0.15) is 0 Å². The van der Waals surface area contributed by atoms with Crippen LogP contribution in [0.3, 0.4) is 0 Å². The number of aromatic nitrogens is 3. The van der Waals surface area contributed by atoms with Gasteiger partial charge in [-0.25, -0.2) is 14.4 Å². The number of amides is 3. The van der Waals surface area contributed by atoms with E-state index in [4.69, 9.17) is 33.2 Å². The molecule has 0 radical (unpaired) electrons. The van der Waals surface area contributed by atoms with Gasteiger partial charge in [0, 0.05) is 56.0 Å². The Hall–Kier alpha value is -5.19. The highest BCUT2D eigenvalue weighted by Crippen LogP contribution is 2.40. The zero-order valence-corrected chi connectivity index (χ0v) is 45.2. The number of hydrogen-bond donors (Lipinski definition) is 4. The molecule has 3 aliphatic heterocycles. The molecule has 3 saturated heterocycles. The number of rotatable bonds is 16. The van der Waals surface area contributed by atoms with Crippen LogP contribution in [0.4, 0.5) is 20.1 Å². The van der Waals surface area contributed by atoms with Gasteiger partial charge in [0.2, 0.25) is 0 Å². The van der Waals surface area contributed by atoms with E-state index in [1.807, 2.05) is 65.0 Å². The molecule has 0 spiro atoms. The van der Waals surface area contributed by atoms with Gasteiger partial charge < -0.3 is 53.8 Å². The van der Waals surface area contributed by atoms with Gasteiger partial charge in [0.1, 0.15) is 36.0 Å². The second kappa shape index (κ2) is 25.4. The lowest BCUT2D eigenvalue weighted by Gasteiger charge is -2.47. The van der Waals surface area contributed by atoms with Gasteiger partial charge in [-0.05, 0) is 119 Å². The van der Waals surface area contributed by atoms with Crippen LogP contribution in [0.2, 0.25) is 0 Å². The Labute approximate surface area is 430 Å². The van der Waals surface area contributed by atoms with Gasteiger partial charge in [-0.15, -0.1) is 5.10 Å². The number of alkyl carbamates (subject to hydrolysis) is 1. The molecule has 0 bridgehead atoms. The highest BCUT2D eigenvalue weighted by Gasteiger charge is 2.59. The van der Waals surface area contributed by atoms with E-state index in [2.05, 4.69) is 32.8 Å². The minimum Gasteiger partial charge on any atom is -0.458 e. The molecule has 3 fully saturated rings. The molecule has 13 atom stereocenters. The monoisotopic (exact) mass is 1030 g/mol. The average Bonchev–Trinajstić information content (AvgIpc) is 3.91. The molecule has 3 aliphatic rings. The van der Waals surface area contributed by atoms with Crippen molar-refractivity contribution in [1.29, 1.82) is 0 Å². The molecule has 5 rings (SSSR count). The summed E-state index contributed by atoms with van der Waals surface area (Å²) < 4.78 is 44.1. The standard InChI is InChI=1S/C52H82N8O13/c1-15-24-68-47(64)54-29-37-26-39(58(12)13)42(62)46(69-37)71-44-32(4)41(61)33(5)45(63)70-40(16-2)52(11)43(34(6)53-28-31(3)27-51(44,10)67-14)60(49(66)73-52)23-18-17-22-59-30-38(56-57-59)35-20-19-21-36(25-35)55-48(65)72-50(7,8)9/h15,19-21,25,30-34,37,39-40,42-44,46,53,62H,1,16-18,22-24,26-29H2,2-14H3,(H,54,64)(H,55,65)/t31-,32+,33-,34-,37?,39?,40-,42?,43-,44-,46+,51-,52-/m1/s1. The Morgan fingerprint density at radius 1 is 1.08 bits per heavy atom. The van der Waals surface area contributed by atoms with Crippen LogP contribution in [-0.2, 0) is 49.3 Å². The van der Waals surface area contributed by atoms with Gasteiger partial charge in [-0.3, -0.25) is 24.5 Å². The first-order valence-corrected chi connectivity index (χ1v) is 25.5. The predicted molar refractivity (Wildman–Crippen MR) is 271 cm³/mol. The lowest BCUT2D eigenvalue weighted by atomic mass is 9.78. The van der Waals surface area contributed by atoms with Gasteiger partial charge in [0.15, 0.2) is 17.7 Å². The van der Waals surface area contributed by atoms with E-state index in [1.54, 1.807) is 56.3 Å². The highest BCUT2D eigenvalue weighted by atomic mass is 16.7. The molecule has 3 amide bonds. The zero-order chi connectivity index (χ0) is 54.0. The molecule has 21 nitrogen and oxygen atoms in total. The first-order valence-electron chi connectivity index (χ1n) is 25.5. The smallest absolute Gasteiger partial charge is 0.412 e. The maximum Gasteiger partial charge on any atom is 0.412 e. The van der Waals surface area contributed by atoms with Crippen LogP contribution < -0.4 is 16.0 Å². The molecular weight excluding hydrogens is 945 g/mol. The normalized spacial score (nSPS) is 31.6. The van der Waals surface area contributed by atoms with Crippen molar-refractivity contribution in [3.63, 3.8) is 0 Å². The number of nitrogens with zero attached hydrogens (tertiary/aromatic N) is 5. The Balaban J connectivity index is 1.33. The number of Topliss-reactive ketones (excluding diaryl/α,β-unsaturated/α-hetero) is 1. The summed E-state index contributed by atoms with van der Waals surface area (Å²) in [6.07, 6.45) is -1.25. The number of unbranched alkanes of at least 4 members (excludes halogenated alkanes) is 1. The Morgan fingerprint density at radius 3 is 2.45 bits per heavy atom. The number of hydrogen-bond acceptors (Lipinski definition) is 17. The number of aryl methyl sites for hydroxylation is 1. The highest BCUT2D eigenvalue weighted by molar-refractivity contribution is 6.00. The van der Waals surface area contributed by atoms with E-state index in [0.29, 0.717) is 56.7 Å². The van der Waals surface area contributed by atoms with Crippen LogP contribution in [0.15, 0.2) is 43.1 Å². The molecule has 2 aromatic rings. The van der Waals surface area contributed by atoms with Crippen molar-refractivity contribution in [3.8, 4) is 11.3 Å². The maximum atomic E-state index is 14.6. The molecule has 3 unspecified atom stereocenters. The SMILES string of the molecule is C=CCOC(=O)NCC1CC(N(C)C)C(O)[C@H](O[C@@H]2[C@@H](C)C(=O)[C@@H](C)C(=O)O[C@H](CC)[C@@]3(C)OC(=O)N(CCCCn4cc(-c5cccc(NC(=O)OC(C)(C)C)c5)nn4)[C@@H]3[C@@H](C)NC[C@H](C)C[C@@]2(C)OC)O1. The largest absolute Gasteiger partial charge is 0.458 e. The number of ether oxygens (including phenoxy) is 7. The van der Waals surface area contributed by atoms with E-state index in [1.165, 1.54) is 20.1 Å². The summed E-state index contributed by atoms with van der Waals surface area (Å²) in [7, 11) is 5.19. The number of aliphatic hydroxyl groups excluding tert-OH is 1. The fourth-order valence-corrected chi connectivity index (χ4v) is 10.3. The fourth-order valence-electron chi connectivity index (χ4n) is 10.3. The molecule has 4 N–H and O–H groups in total. The van der Waals surface area contributed by atoms with Crippen LogP contribution in [0.1, 0.15) is 101 Å². The summed E-state index contributed by atoms with van der Waals surface area (Å²) in [5.41, 5.74) is -1.19. The zero-order valence-electron chi connectivity index (χ0n) is 45.2. The number of anilines is 1. The first kappa shape index (κ1) is 58.7. The van der Waals surface area contributed by atoms with Crippen LogP contribution in [0.5, 0.6) is 0 Å². The van der Waals surface area contributed by atoms with E-state index >= 15 is 0 Å². The lowest BCUT2D eigenvalue weighted by Crippen LogP contribution is -2.61. The van der Waals surface area contributed by atoms with Crippen LogP contribution >= 0.6 is 0 Å². The summed E-state index contributed by atoms with van der Waals surface area (Å²) in [6.45, 7) is 23.0. The van der Waals surface area contributed by atoms with Gasteiger partial charge in [0.05, 0.1) is 30.0 Å². The number of carbonyl (C=O) groups is 5. The van der Waals surface area contributed by atoms with Crippen LogP contribution in [0.25, 0.3) is 11.3 Å². The average molecular weight is 1030 g/mol. The van der Waals surface area contributed by atoms with Crippen molar-refractivity contribution in [3.05, 3.63) is 43.1 Å². The Kier molecular flexibility index (Phi) is 20.4. The van der Waals surface area contributed by atoms with Crippen molar-refractivity contribution in [2.24, 2.45) is 17.8 Å². The molecule has 21 heteroatoms. The molecule has 0 saturated carbocycles. The minimum atomic E-state index is -1.31. The van der Waals surface area contributed by atoms with Crippen LogP contribution in [0, 0.1) is 17.8 Å². The summed E-state index contributed by atoms with van der Waals surface area (Å²) in [6, 6.07) is 5.83. The van der Waals surface area contributed by atoms with E-state index in [-0.39, 0.29) is 31.5 Å². The summed E-state index contributed by atoms with van der Waals surface area (Å²) in [5, 5.41) is 29.6. The topological polar surface area (TPSA) is 243 Å². The van der Waals surface area contributed by atoms with Crippen molar-refractivity contribution in [2.75, 3.05) is 52.8 Å². The minimum absolute atomic E-state index is 0.0302. The van der Waals surface area contributed by atoms with Crippen molar-refractivity contribution < 1.29 is 62.2 Å². The number of methoxy groups -OCH3 is 1. The predicted octanol–water partition coefficient (Wildman–Crippen LogP) is 5.94. The fraction of sp³-hybridized carbons (Fsp3) is 0.712. The lowest BCUT2D eigenvalue weighted by molar-refractivity contribution is -0.296. The summed E-state index contributed by atoms with van der Waals surface area (Å²) in [5.74, 6) is -3.62. The van der Waals surface area contributed by atoms with E-state index in [9.17, 15) is 29.1 Å². The quantitative estimate of drug-likeness (QED) is 0.0500. The molecule has 4 heterocycles. The molecular formula is C52H82N8O13. The van der Waals surface area contributed by atoms with Gasteiger partial charge in [-0.1, -0.05) is 50.8 Å². The first-order chi connectivity index (χ1) is 34.3. The second-order valence-electron chi connectivity index (χ2n) is 21.4. The maximum absolute atomic E-state index is 14.6. The number of benzene rings is 1. The number of carbonyl (C=O) groups excluding carboxylic acids is 5. The Morgan fingerprint density at radius 2 is 1.79 bits per heavy atom. The third-order valence-corrected chi connectivity index (χ3v) is 14.1. The number of aliphatic hydroxyl groups is 1. The number of fused-ring (bicyclic) bond motifs is 1. The number of esters is 1. The summed E-state index contributed by atoms with van der Waals surface area (Å²) in [4.78, 5) is 71.1. The second-order valence-corrected chi connectivity index (χ2v) is 21.4. The van der Waals surface area contributed by atoms with E-state index < -0.39 is 101 Å². The van der Waals surface area contributed by atoms with Gasteiger partial charge in [0.25, 0.3) is 0 Å². The third kappa shape index (κ3) is 15.0. The van der Waals surface area contributed by atoms with E-state index in [0.717, 1.165) is 5.56 Å². The molecule has 408 valence electrons. The molecule has 1 aromatic carbocycles. The molecule has 0 aliphatic carbocycles. The summed E-state index contributed by atoms with van der Waals surface area (Å²) >= 11 is 0. The van der Waals surface area contributed by atoms with Crippen molar-refractivity contribution >= 4 is 35.7 Å². The molecule has 73 heavy (non-hydrogen) atoms. The van der Waals surface area contributed by atoms with Crippen LogP contribution in [-0.4, -0.2) is 173 Å². The third-order valence-electron chi connectivity index (χ3n) is 14.1. The number of ketones is 1. The number of likely N-dealkylation sites (N-methyl/N-ethyl adjacent to an activating group) is 1. The van der Waals surface area contributed by atoms with Crippen molar-refractivity contribution in [1.82, 2.24) is 35.4 Å². The number of cyclic esters (lactones) is 1. The Bertz CT molecular complexity index is 2200. The van der Waals surface area contributed by atoms with Gasteiger partial charge >= 0.3 is 24.2 Å². The van der Waals surface area contributed by atoms with Crippen molar-refractivity contribution in [2.45, 2.75) is 174 Å².